The van der Waals surface area contributed by atoms with Gasteiger partial charge in [-0.25, -0.2) is 9.78 Å². The Morgan fingerprint density at radius 3 is 2.61 bits per heavy atom. The quantitative estimate of drug-likeness (QED) is 0.515. The molecule has 2 amide bonds. The second kappa shape index (κ2) is 10.3. The molecule has 4 rings (SSSR count). The maximum atomic E-state index is 13.6. The predicted molar refractivity (Wildman–Crippen MR) is 125 cm³/mol. The second-order valence-electron chi connectivity index (χ2n) is 8.15. The molecule has 0 aliphatic carbocycles. The van der Waals surface area contributed by atoms with Gasteiger partial charge in [0.1, 0.15) is 11.9 Å². The fraction of sp³-hybridized carbons (Fsp3) is 0.320. The van der Waals surface area contributed by atoms with Crippen molar-refractivity contribution in [1.82, 2.24) is 20.2 Å². The number of aromatic amines is 1. The summed E-state index contributed by atoms with van der Waals surface area (Å²) in [6, 6.07) is 16.8. The molecule has 1 aliphatic heterocycles. The van der Waals surface area contributed by atoms with Gasteiger partial charge in [-0.2, -0.15) is 0 Å². The number of imidazole rings is 1. The molecular weight excluding hydrogens is 418 g/mol. The van der Waals surface area contributed by atoms with Crippen molar-refractivity contribution in [3.8, 4) is 11.3 Å². The third-order valence-electron chi connectivity index (χ3n) is 6.01. The van der Waals surface area contributed by atoms with Gasteiger partial charge in [0.2, 0.25) is 5.91 Å². The Bertz CT molecular complexity index is 1080. The molecule has 2 aromatic carbocycles. The van der Waals surface area contributed by atoms with Crippen LogP contribution in [0.2, 0.25) is 0 Å². The Labute approximate surface area is 193 Å². The zero-order chi connectivity index (χ0) is 23.2. The van der Waals surface area contributed by atoms with Crippen LogP contribution in [0.25, 0.3) is 11.3 Å². The summed E-state index contributed by atoms with van der Waals surface area (Å²) in [5, 5.41) is 2.72. The Morgan fingerprint density at radius 1 is 1.18 bits per heavy atom. The van der Waals surface area contributed by atoms with Crippen molar-refractivity contribution in [2.24, 2.45) is 5.73 Å². The molecule has 0 saturated carbocycles. The van der Waals surface area contributed by atoms with E-state index in [2.05, 4.69) is 15.3 Å². The molecule has 0 spiro atoms. The lowest BCUT2D eigenvalue weighted by Crippen LogP contribution is -2.49. The van der Waals surface area contributed by atoms with Crippen LogP contribution in [0.3, 0.4) is 0 Å². The molecule has 1 aliphatic rings. The Hall–Kier alpha value is -3.65. The minimum atomic E-state index is -0.745. The van der Waals surface area contributed by atoms with Gasteiger partial charge in [0, 0.05) is 19.5 Å². The standard InChI is InChI=1S/C25H29N5O3/c1-33-25(32)29-20(14-17-9-11-18(15-26)12-10-17)24(31)30-13-5-8-22(30)23-27-16-21(28-23)19-6-3-2-4-7-19/h2-4,6-7,9-12,16,20,22H,5,8,13-15,26H2,1H3,(H,27,28)(H,29,32)/t20-,22-/m0/s1. The van der Waals surface area contributed by atoms with E-state index in [4.69, 9.17) is 10.5 Å². The SMILES string of the molecule is COC(=O)N[C@@H](Cc1ccc(CN)cc1)C(=O)N1CCC[C@H]1c1ncc(-c2ccccc2)[nH]1. The molecule has 4 N–H and O–H groups in total. The highest BCUT2D eigenvalue weighted by molar-refractivity contribution is 5.86. The largest absolute Gasteiger partial charge is 0.453 e. The summed E-state index contributed by atoms with van der Waals surface area (Å²) < 4.78 is 4.78. The second-order valence-corrected chi connectivity index (χ2v) is 8.15. The predicted octanol–water partition coefficient (Wildman–Crippen LogP) is 3.17. The van der Waals surface area contributed by atoms with Crippen LogP contribution in [-0.2, 0) is 22.5 Å². The maximum absolute atomic E-state index is 13.6. The molecule has 0 unspecified atom stereocenters. The van der Waals surface area contributed by atoms with Gasteiger partial charge in [-0.15, -0.1) is 0 Å². The molecule has 3 aromatic rings. The average molecular weight is 448 g/mol. The van der Waals surface area contributed by atoms with E-state index in [1.165, 1.54) is 7.11 Å². The Kier molecular flexibility index (Phi) is 7.04. The smallest absolute Gasteiger partial charge is 0.407 e. The van der Waals surface area contributed by atoms with E-state index in [1.807, 2.05) is 59.5 Å². The highest BCUT2D eigenvalue weighted by Crippen LogP contribution is 2.32. The van der Waals surface area contributed by atoms with Crippen molar-refractivity contribution in [2.45, 2.75) is 37.9 Å². The number of nitrogens with zero attached hydrogens (tertiary/aromatic N) is 2. The molecule has 2 atom stereocenters. The van der Waals surface area contributed by atoms with Crippen LogP contribution in [0.4, 0.5) is 4.79 Å². The highest BCUT2D eigenvalue weighted by atomic mass is 16.5. The van der Waals surface area contributed by atoms with Crippen LogP contribution in [0.1, 0.15) is 35.8 Å². The van der Waals surface area contributed by atoms with Crippen molar-refractivity contribution in [2.75, 3.05) is 13.7 Å². The first-order valence-electron chi connectivity index (χ1n) is 11.1. The number of carbonyl (C=O) groups is 2. The minimum Gasteiger partial charge on any atom is -0.453 e. The molecule has 1 fully saturated rings. The molecule has 8 heteroatoms. The summed E-state index contributed by atoms with van der Waals surface area (Å²) in [5.74, 6) is 0.604. The van der Waals surface area contributed by atoms with Gasteiger partial charge < -0.3 is 25.7 Å². The van der Waals surface area contributed by atoms with E-state index in [1.54, 1.807) is 6.20 Å². The average Bonchev–Trinajstić information content (AvgIpc) is 3.54. The van der Waals surface area contributed by atoms with Crippen molar-refractivity contribution in [1.29, 1.82) is 0 Å². The molecule has 172 valence electrons. The van der Waals surface area contributed by atoms with E-state index in [9.17, 15) is 9.59 Å². The minimum absolute atomic E-state index is 0.150. The first kappa shape index (κ1) is 22.5. The van der Waals surface area contributed by atoms with Crippen LogP contribution < -0.4 is 11.1 Å². The zero-order valence-corrected chi connectivity index (χ0v) is 18.7. The number of aromatic nitrogens is 2. The molecule has 1 saturated heterocycles. The number of carbonyl (C=O) groups excluding carboxylic acids is 2. The topological polar surface area (TPSA) is 113 Å². The lowest BCUT2D eigenvalue weighted by Gasteiger charge is -2.28. The highest BCUT2D eigenvalue weighted by Gasteiger charge is 2.36. The van der Waals surface area contributed by atoms with Crippen LogP contribution >= 0.6 is 0 Å². The number of hydrogen-bond acceptors (Lipinski definition) is 5. The normalized spacial score (nSPS) is 16.4. The number of methoxy groups -OCH3 is 1. The Morgan fingerprint density at radius 2 is 1.91 bits per heavy atom. The maximum Gasteiger partial charge on any atom is 0.407 e. The molecular formula is C25H29N5O3. The number of rotatable bonds is 7. The van der Waals surface area contributed by atoms with E-state index in [0.29, 0.717) is 19.5 Å². The first-order valence-corrected chi connectivity index (χ1v) is 11.1. The lowest BCUT2D eigenvalue weighted by molar-refractivity contribution is -0.134. The van der Waals surface area contributed by atoms with E-state index >= 15 is 0 Å². The number of nitrogens with two attached hydrogens (primary N) is 1. The van der Waals surface area contributed by atoms with Crippen LogP contribution in [0.15, 0.2) is 60.8 Å². The van der Waals surface area contributed by atoms with Gasteiger partial charge in [-0.05, 0) is 29.5 Å². The molecule has 1 aromatic heterocycles. The molecule has 8 nitrogen and oxygen atoms in total. The van der Waals surface area contributed by atoms with Crippen molar-refractivity contribution < 1.29 is 14.3 Å². The van der Waals surface area contributed by atoms with Gasteiger partial charge in [0.25, 0.3) is 0 Å². The summed E-state index contributed by atoms with van der Waals surface area (Å²) in [4.78, 5) is 35.3. The number of amides is 2. The van der Waals surface area contributed by atoms with Crippen LogP contribution in [0, 0.1) is 0 Å². The third-order valence-corrected chi connectivity index (χ3v) is 6.01. The monoisotopic (exact) mass is 447 g/mol. The molecule has 0 radical (unpaired) electrons. The van der Waals surface area contributed by atoms with Crippen LogP contribution in [-0.4, -0.2) is 46.6 Å². The van der Waals surface area contributed by atoms with E-state index in [-0.39, 0.29) is 11.9 Å². The van der Waals surface area contributed by atoms with Gasteiger partial charge in [0.05, 0.1) is 25.0 Å². The van der Waals surface area contributed by atoms with Crippen molar-refractivity contribution >= 4 is 12.0 Å². The van der Waals surface area contributed by atoms with Crippen molar-refractivity contribution in [3.63, 3.8) is 0 Å². The fourth-order valence-electron chi connectivity index (χ4n) is 4.23. The molecule has 0 bridgehead atoms. The number of benzene rings is 2. The Balaban J connectivity index is 1.54. The van der Waals surface area contributed by atoms with Gasteiger partial charge >= 0.3 is 6.09 Å². The summed E-state index contributed by atoms with van der Waals surface area (Å²) >= 11 is 0. The summed E-state index contributed by atoms with van der Waals surface area (Å²) in [5.41, 5.74) is 9.57. The lowest BCUT2D eigenvalue weighted by atomic mass is 10.0. The number of ether oxygens (including phenoxy) is 1. The molecule has 2 heterocycles. The van der Waals surface area contributed by atoms with E-state index in [0.717, 1.165) is 41.1 Å². The number of alkyl carbamates (subject to hydrolysis) is 1. The summed E-state index contributed by atoms with van der Waals surface area (Å²) in [6.45, 7) is 1.06. The number of hydrogen-bond donors (Lipinski definition) is 3. The van der Waals surface area contributed by atoms with Crippen LogP contribution in [0.5, 0.6) is 0 Å². The zero-order valence-electron chi connectivity index (χ0n) is 18.7. The summed E-state index contributed by atoms with van der Waals surface area (Å²) in [7, 11) is 1.29. The summed E-state index contributed by atoms with van der Waals surface area (Å²) in [6.07, 6.45) is 3.20. The fourth-order valence-corrected chi connectivity index (χ4v) is 4.23. The van der Waals surface area contributed by atoms with Gasteiger partial charge in [-0.1, -0.05) is 54.6 Å². The van der Waals surface area contributed by atoms with Gasteiger partial charge in [-0.3, -0.25) is 4.79 Å². The number of H-pyrrole nitrogens is 1. The van der Waals surface area contributed by atoms with Crippen molar-refractivity contribution in [3.05, 3.63) is 77.7 Å². The number of likely N-dealkylation sites (tertiary alicyclic amines) is 1. The molecule has 33 heavy (non-hydrogen) atoms. The van der Waals surface area contributed by atoms with E-state index < -0.39 is 12.1 Å². The number of nitrogens with one attached hydrogen (secondary N) is 2. The van der Waals surface area contributed by atoms with Gasteiger partial charge in [0.15, 0.2) is 0 Å². The third kappa shape index (κ3) is 5.23. The first-order chi connectivity index (χ1) is 16.1.